The molecule has 0 spiro atoms. The number of rotatable bonds is 6. The van der Waals surface area contributed by atoms with Gasteiger partial charge in [0.1, 0.15) is 6.54 Å². The Bertz CT molecular complexity index is 388. The molecule has 2 amide bonds. The van der Waals surface area contributed by atoms with Crippen LogP contribution in [0.5, 0.6) is 0 Å². The van der Waals surface area contributed by atoms with Gasteiger partial charge in [-0.05, 0) is 0 Å². The molecule has 0 aliphatic rings. The SMILES string of the molecule is C=CCN(CC(=O)O)C(=O)NCc1cn[nH]c1. The summed E-state index contributed by atoms with van der Waals surface area (Å²) in [5, 5.41) is 17.6. The maximum Gasteiger partial charge on any atom is 0.323 e. The molecule has 3 N–H and O–H groups in total. The second-order valence-electron chi connectivity index (χ2n) is 3.33. The minimum atomic E-state index is -1.06. The van der Waals surface area contributed by atoms with E-state index in [0.717, 1.165) is 10.5 Å². The van der Waals surface area contributed by atoms with Crippen molar-refractivity contribution in [2.75, 3.05) is 13.1 Å². The van der Waals surface area contributed by atoms with Gasteiger partial charge in [0.25, 0.3) is 0 Å². The molecular weight excluding hydrogens is 224 g/mol. The molecule has 0 saturated carbocycles. The van der Waals surface area contributed by atoms with E-state index in [4.69, 9.17) is 5.11 Å². The Balaban J connectivity index is 2.46. The molecule has 0 saturated heterocycles. The fourth-order valence-electron chi connectivity index (χ4n) is 1.20. The molecule has 0 atom stereocenters. The number of aromatic nitrogens is 2. The monoisotopic (exact) mass is 238 g/mol. The highest BCUT2D eigenvalue weighted by Crippen LogP contribution is 1.95. The van der Waals surface area contributed by atoms with Gasteiger partial charge in [-0.1, -0.05) is 6.08 Å². The Kier molecular flexibility index (Phi) is 4.74. The fraction of sp³-hybridized carbons (Fsp3) is 0.300. The Hall–Kier alpha value is -2.31. The highest BCUT2D eigenvalue weighted by molar-refractivity contribution is 5.80. The number of carbonyl (C=O) groups excluding carboxylic acids is 1. The number of amides is 2. The lowest BCUT2D eigenvalue weighted by Gasteiger charge is -2.19. The average molecular weight is 238 g/mol. The molecule has 0 aliphatic carbocycles. The molecule has 0 aliphatic heterocycles. The molecule has 1 heterocycles. The summed E-state index contributed by atoms with van der Waals surface area (Å²) in [5.74, 6) is -1.06. The van der Waals surface area contributed by atoms with Gasteiger partial charge in [0.15, 0.2) is 0 Å². The Morgan fingerprint density at radius 1 is 1.65 bits per heavy atom. The molecule has 1 aromatic rings. The first kappa shape index (κ1) is 12.8. The number of aliphatic carboxylic acids is 1. The van der Waals surface area contributed by atoms with Crippen LogP contribution in [-0.2, 0) is 11.3 Å². The summed E-state index contributed by atoms with van der Waals surface area (Å²) in [6.07, 6.45) is 4.70. The first-order chi connectivity index (χ1) is 8.13. The summed E-state index contributed by atoms with van der Waals surface area (Å²) in [6, 6.07) is -0.450. The van der Waals surface area contributed by atoms with E-state index < -0.39 is 12.0 Å². The molecule has 7 nitrogen and oxygen atoms in total. The number of hydrogen-bond donors (Lipinski definition) is 3. The lowest BCUT2D eigenvalue weighted by molar-refractivity contribution is -0.137. The van der Waals surface area contributed by atoms with Crippen molar-refractivity contribution in [2.45, 2.75) is 6.54 Å². The molecular formula is C10H14N4O3. The summed E-state index contributed by atoms with van der Waals surface area (Å²) in [4.78, 5) is 23.3. The topological polar surface area (TPSA) is 98.3 Å². The molecule has 7 heteroatoms. The predicted octanol–water partition coefficient (Wildman–Crippen LogP) is 0.192. The maximum atomic E-state index is 11.6. The summed E-state index contributed by atoms with van der Waals surface area (Å²) in [6.45, 7) is 3.59. The molecule has 0 unspecified atom stereocenters. The minimum Gasteiger partial charge on any atom is -0.480 e. The zero-order valence-electron chi connectivity index (χ0n) is 9.22. The van der Waals surface area contributed by atoms with Crippen molar-refractivity contribution >= 4 is 12.0 Å². The molecule has 0 fully saturated rings. The Labute approximate surface area is 98.1 Å². The van der Waals surface area contributed by atoms with Crippen molar-refractivity contribution in [3.63, 3.8) is 0 Å². The van der Waals surface area contributed by atoms with Crippen LogP contribution in [0.3, 0.4) is 0 Å². The Morgan fingerprint density at radius 2 is 2.41 bits per heavy atom. The maximum absolute atomic E-state index is 11.6. The van der Waals surface area contributed by atoms with Crippen molar-refractivity contribution in [2.24, 2.45) is 0 Å². The molecule has 0 bridgehead atoms. The first-order valence-electron chi connectivity index (χ1n) is 4.96. The lowest BCUT2D eigenvalue weighted by Crippen LogP contribution is -2.42. The standard InChI is InChI=1S/C10H14N4O3/c1-2-3-14(7-9(15)16)10(17)11-4-8-5-12-13-6-8/h2,5-6H,1,3-4,7H2,(H,11,17)(H,12,13)(H,15,16). The zero-order chi connectivity index (χ0) is 12.7. The van der Waals surface area contributed by atoms with E-state index in [2.05, 4.69) is 22.1 Å². The van der Waals surface area contributed by atoms with Crippen LogP contribution in [0.4, 0.5) is 4.79 Å². The highest BCUT2D eigenvalue weighted by atomic mass is 16.4. The van der Waals surface area contributed by atoms with Gasteiger partial charge in [0.2, 0.25) is 0 Å². The number of hydrogen-bond acceptors (Lipinski definition) is 3. The van der Waals surface area contributed by atoms with Gasteiger partial charge in [-0.3, -0.25) is 9.89 Å². The van der Waals surface area contributed by atoms with E-state index in [1.165, 1.54) is 6.08 Å². The number of nitrogens with one attached hydrogen (secondary N) is 2. The van der Waals surface area contributed by atoms with Crippen LogP contribution in [0.1, 0.15) is 5.56 Å². The normalized spacial score (nSPS) is 9.65. The second-order valence-corrected chi connectivity index (χ2v) is 3.33. The van der Waals surface area contributed by atoms with Crippen LogP contribution >= 0.6 is 0 Å². The summed E-state index contributed by atoms with van der Waals surface area (Å²) in [5.41, 5.74) is 0.812. The van der Waals surface area contributed by atoms with Gasteiger partial charge in [-0.2, -0.15) is 5.10 Å². The van der Waals surface area contributed by atoms with E-state index in [9.17, 15) is 9.59 Å². The number of nitrogens with zero attached hydrogens (tertiary/aromatic N) is 2. The van der Waals surface area contributed by atoms with Crippen LogP contribution in [0.15, 0.2) is 25.0 Å². The van der Waals surface area contributed by atoms with Crippen LogP contribution in [-0.4, -0.2) is 45.3 Å². The van der Waals surface area contributed by atoms with Crippen molar-refractivity contribution < 1.29 is 14.7 Å². The minimum absolute atomic E-state index is 0.184. The number of urea groups is 1. The summed E-state index contributed by atoms with van der Waals surface area (Å²) >= 11 is 0. The quantitative estimate of drug-likeness (QED) is 0.616. The summed E-state index contributed by atoms with van der Waals surface area (Å²) < 4.78 is 0. The van der Waals surface area contributed by atoms with Gasteiger partial charge in [-0.15, -0.1) is 6.58 Å². The molecule has 0 radical (unpaired) electrons. The van der Waals surface area contributed by atoms with Crippen LogP contribution < -0.4 is 5.32 Å². The number of carboxylic acid groups (broad SMARTS) is 1. The third kappa shape index (κ3) is 4.37. The van der Waals surface area contributed by atoms with E-state index >= 15 is 0 Å². The van der Waals surface area contributed by atoms with E-state index in [1.807, 2.05) is 0 Å². The van der Waals surface area contributed by atoms with E-state index in [0.29, 0.717) is 6.54 Å². The lowest BCUT2D eigenvalue weighted by atomic mass is 10.3. The van der Waals surface area contributed by atoms with Crippen molar-refractivity contribution in [1.29, 1.82) is 0 Å². The molecule has 17 heavy (non-hydrogen) atoms. The van der Waals surface area contributed by atoms with Gasteiger partial charge in [0, 0.05) is 24.8 Å². The number of aromatic amines is 1. The third-order valence-electron chi connectivity index (χ3n) is 1.96. The molecule has 1 rings (SSSR count). The van der Waals surface area contributed by atoms with Crippen LogP contribution in [0, 0.1) is 0 Å². The van der Waals surface area contributed by atoms with Gasteiger partial charge < -0.3 is 15.3 Å². The summed E-state index contributed by atoms with van der Waals surface area (Å²) in [7, 11) is 0. The van der Waals surface area contributed by atoms with Gasteiger partial charge in [-0.25, -0.2) is 4.79 Å². The first-order valence-corrected chi connectivity index (χ1v) is 4.96. The average Bonchev–Trinajstić information content (AvgIpc) is 2.77. The van der Waals surface area contributed by atoms with Crippen LogP contribution in [0.25, 0.3) is 0 Å². The van der Waals surface area contributed by atoms with Gasteiger partial charge in [0.05, 0.1) is 6.20 Å². The van der Waals surface area contributed by atoms with E-state index in [-0.39, 0.29) is 13.1 Å². The zero-order valence-corrected chi connectivity index (χ0v) is 9.22. The predicted molar refractivity (Wildman–Crippen MR) is 60.2 cm³/mol. The number of H-pyrrole nitrogens is 1. The van der Waals surface area contributed by atoms with Crippen molar-refractivity contribution in [1.82, 2.24) is 20.4 Å². The molecule has 92 valence electrons. The largest absolute Gasteiger partial charge is 0.480 e. The highest BCUT2D eigenvalue weighted by Gasteiger charge is 2.14. The van der Waals surface area contributed by atoms with E-state index in [1.54, 1.807) is 12.4 Å². The molecule has 0 aromatic carbocycles. The second kappa shape index (κ2) is 6.31. The number of carbonyl (C=O) groups is 2. The smallest absolute Gasteiger partial charge is 0.323 e. The third-order valence-corrected chi connectivity index (χ3v) is 1.96. The van der Waals surface area contributed by atoms with Crippen LogP contribution in [0.2, 0.25) is 0 Å². The fourth-order valence-corrected chi connectivity index (χ4v) is 1.20. The Morgan fingerprint density at radius 3 is 2.94 bits per heavy atom. The van der Waals surface area contributed by atoms with Gasteiger partial charge >= 0.3 is 12.0 Å². The van der Waals surface area contributed by atoms with Crippen molar-refractivity contribution in [3.05, 3.63) is 30.6 Å². The number of carboxylic acids is 1. The molecule has 1 aromatic heterocycles. The van der Waals surface area contributed by atoms with Crippen molar-refractivity contribution in [3.8, 4) is 0 Å².